The van der Waals surface area contributed by atoms with Crippen LogP contribution in [0.5, 0.6) is 11.8 Å². The van der Waals surface area contributed by atoms with E-state index in [2.05, 4.69) is 64.8 Å². The summed E-state index contributed by atoms with van der Waals surface area (Å²) in [5.74, 6) is 1.32. The third-order valence-corrected chi connectivity index (χ3v) is 11.8. The minimum absolute atomic E-state index is 0.180. The van der Waals surface area contributed by atoms with Gasteiger partial charge in [-0.1, -0.05) is 49.2 Å². The molecule has 2 aromatic carbocycles. The number of piperidine rings is 2. The zero-order valence-corrected chi connectivity index (χ0v) is 38.7. The van der Waals surface area contributed by atoms with Gasteiger partial charge in [0.05, 0.1) is 24.5 Å². The van der Waals surface area contributed by atoms with Gasteiger partial charge in [0.15, 0.2) is 22.3 Å². The van der Waals surface area contributed by atoms with Crippen LogP contribution < -0.4 is 48.7 Å². The third kappa shape index (κ3) is 11.1. The van der Waals surface area contributed by atoms with Crippen LogP contribution in [0, 0.1) is 5.92 Å². The number of halogens is 2. The van der Waals surface area contributed by atoms with Crippen molar-refractivity contribution in [2.45, 2.75) is 51.6 Å². The summed E-state index contributed by atoms with van der Waals surface area (Å²) in [7, 11) is 0. The summed E-state index contributed by atoms with van der Waals surface area (Å²) in [5.41, 5.74) is 3.51. The molecule has 0 bridgehead atoms. The lowest BCUT2D eigenvalue weighted by Gasteiger charge is -2.31. The van der Waals surface area contributed by atoms with Crippen molar-refractivity contribution in [3.8, 4) is 11.8 Å². The van der Waals surface area contributed by atoms with E-state index in [1.54, 1.807) is 39.6 Å². The molecule has 10 rings (SSSR count). The highest BCUT2D eigenvalue weighted by Gasteiger charge is 2.20. The Morgan fingerprint density at radius 1 is 0.706 bits per heavy atom. The first kappa shape index (κ1) is 45.9. The Hall–Kier alpha value is -7.26. The van der Waals surface area contributed by atoms with Gasteiger partial charge in [-0.2, -0.15) is 19.2 Å². The molecule has 9 N–H and O–H groups in total. The van der Waals surface area contributed by atoms with E-state index in [4.69, 9.17) is 43.2 Å². The van der Waals surface area contributed by atoms with E-state index in [0.29, 0.717) is 60.3 Å². The van der Waals surface area contributed by atoms with Gasteiger partial charge < -0.3 is 41.0 Å². The Morgan fingerprint density at radius 2 is 1.18 bits per heavy atom. The fourth-order valence-corrected chi connectivity index (χ4v) is 8.60. The van der Waals surface area contributed by atoms with Gasteiger partial charge in [0.1, 0.15) is 23.0 Å². The number of likely N-dealkylation sites (tertiary alicyclic amines) is 1. The van der Waals surface area contributed by atoms with Crippen LogP contribution in [0.3, 0.4) is 0 Å². The van der Waals surface area contributed by atoms with Crippen molar-refractivity contribution in [1.82, 2.24) is 59.3 Å². The number of imidazole rings is 2. The predicted octanol–water partition coefficient (Wildman–Crippen LogP) is 3.47. The molecular weight excluding hydrogens is 912 g/mol. The number of hydrogen-bond donors (Lipinski definition) is 9. The van der Waals surface area contributed by atoms with Crippen LogP contribution in [0.4, 0.5) is 23.0 Å². The number of nitrogens with zero attached hydrogens (tertiary/aromatic N) is 9. The molecule has 2 aliphatic rings. The summed E-state index contributed by atoms with van der Waals surface area (Å²) in [6.45, 7) is 9.48. The summed E-state index contributed by atoms with van der Waals surface area (Å²) in [6, 6.07) is 18.8. The van der Waals surface area contributed by atoms with Crippen LogP contribution in [0.2, 0.25) is 10.0 Å². The van der Waals surface area contributed by atoms with E-state index in [9.17, 15) is 19.8 Å². The highest BCUT2D eigenvalue weighted by Crippen LogP contribution is 2.21. The second kappa shape index (κ2) is 20.3. The molecule has 8 heterocycles. The topological polar surface area (TPSA) is 262 Å². The lowest BCUT2D eigenvalue weighted by molar-refractivity contribution is 0.192. The maximum atomic E-state index is 11.6. The number of hydrogen-bond acceptors (Lipinski definition) is 14. The average molecular weight is 962 g/mol. The lowest BCUT2D eigenvalue weighted by Crippen LogP contribution is -2.38. The van der Waals surface area contributed by atoms with Crippen LogP contribution in [-0.4, -0.2) is 109 Å². The molecule has 0 saturated carbocycles. The van der Waals surface area contributed by atoms with Gasteiger partial charge in [0, 0.05) is 63.6 Å². The molecule has 2 saturated heterocycles. The fourth-order valence-electron chi connectivity index (χ4n) is 8.22. The predicted molar refractivity (Wildman–Crippen MR) is 260 cm³/mol. The smallest absolute Gasteiger partial charge is 0.326 e. The summed E-state index contributed by atoms with van der Waals surface area (Å²) < 4.78 is 3.36. The van der Waals surface area contributed by atoms with E-state index >= 15 is 0 Å². The summed E-state index contributed by atoms with van der Waals surface area (Å²) in [5, 5.41) is 41.3. The minimum atomic E-state index is -0.497. The van der Waals surface area contributed by atoms with Crippen molar-refractivity contribution < 1.29 is 10.2 Å². The molecule has 68 heavy (non-hydrogen) atoms. The minimum Gasteiger partial charge on any atom is -0.493 e. The monoisotopic (exact) mass is 960 g/mol. The molecular formula is C46H50Cl2N16O4. The molecule has 20 nitrogen and oxygen atoms in total. The molecule has 8 aromatic rings. The van der Waals surface area contributed by atoms with Crippen LogP contribution in [0.25, 0.3) is 23.4 Å². The van der Waals surface area contributed by atoms with E-state index in [0.717, 1.165) is 69.8 Å². The van der Waals surface area contributed by atoms with Gasteiger partial charge >= 0.3 is 11.4 Å². The standard InChI is InChI=1S/C25H29ClN8O2.C21H21ClN8O2/c1-15(2)14-33-8-6-18(7-9-33)29-22-12-21(28-19-5-3-4-17(26)11-19)31-23-16(13-27-34(22)23)10-20-24(35)32-25(36)30-20;22-13-2-1-3-15(9-13)25-17-10-18(26-14-4-6-23-7-5-14)30-19(28-17)12(11-24-30)8-16-20(31)29-21(32)27-16/h3-5,10-13,15,18,28,35H,6-9,14H2,1-2H3,(H2,30,32,36);1-3,8-11,14,23,25,31H,4-7H2,(H2,27,29,32). The van der Waals surface area contributed by atoms with Crippen molar-refractivity contribution in [2.24, 2.45) is 15.9 Å². The zero-order valence-electron chi connectivity index (χ0n) is 37.2. The normalized spacial score (nSPS) is 16.3. The van der Waals surface area contributed by atoms with Crippen molar-refractivity contribution in [1.29, 1.82) is 0 Å². The molecule has 6 aromatic heterocycles. The number of aromatic amines is 4. The van der Waals surface area contributed by atoms with Gasteiger partial charge in [-0.15, -0.1) is 0 Å². The molecule has 2 fully saturated rings. The van der Waals surface area contributed by atoms with Gasteiger partial charge in [-0.3, -0.25) is 20.0 Å². The number of aromatic nitrogens is 10. The van der Waals surface area contributed by atoms with Gasteiger partial charge in [0.25, 0.3) is 0 Å². The maximum absolute atomic E-state index is 11.6. The van der Waals surface area contributed by atoms with Crippen molar-refractivity contribution in [3.63, 3.8) is 0 Å². The summed E-state index contributed by atoms with van der Waals surface area (Å²) >= 11 is 12.3. The lowest BCUT2D eigenvalue weighted by atomic mass is 10.0. The Kier molecular flexibility index (Phi) is 13.7. The Labute approximate surface area is 397 Å². The number of H-pyrrole nitrogens is 4. The zero-order chi connectivity index (χ0) is 47.3. The Bertz CT molecular complexity index is 3450. The maximum Gasteiger partial charge on any atom is 0.326 e. The molecule has 0 radical (unpaired) electrons. The summed E-state index contributed by atoms with van der Waals surface area (Å²) in [4.78, 5) is 54.8. The molecule has 22 heteroatoms. The van der Waals surface area contributed by atoms with E-state index in [1.807, 2.05) is 54.6 Å². The van der Waals surface area contributed by atoms with Crippen LogP contribution in [0.1, 0.15) is 50.9 Å². The highest BCUT2D eigenvalue weighted by molar-refractivity contribution is 6.31. The second-order valence-corrected chi connectivity index (χ2v) is 17.9. The van der Waals surface area contributed by atoms with E-state index in [-0.39, 0.29) is 35.2 Å². The number of anilines is 4. The second-order valence-electron chi connectivity index (χ2n) is 17.1. The molecule has 0 aliphatic carbocycles. The van der Waals surface area contributed by atoms with Crippen molar-refractivity contribution >= 4 is 69.7 Å². The quantitative estimate of drug-likeness (QED) is 0.0955. The molecule has 352 valence electrons. The van der Waals surface area contributed by atoms with Crippen molar-refractivity contribution in [3.05, 3.63) is 137 Å². The summed E-state index contributed by atoms with van der Waals surface area (Å²) in [6.07, 6.45) is 10.3. The average Bonchev–Trinajstić information content (AvgIpc) is 4.07. The molecule has 2 aliphatic heterocycles. The molecule has 0 unspecified atom stereocenters. The van der Waals surface area contributed by atoms with E-state index in [1.165, 1.54) is 0 Å². The first-order chi connectivity index (χ1) is 32.9. The van der Waals surface area contributed by atoms with Crippen LogP contribution in [-0.2, 0) is 0 Å². The molecule has 0 amide bonds. The Morgan fingerprint density at radius 3 is 1.60 bits per heavy atom. The molecule has 0 spiro atoms. The number of rotatable bonds is 10. The highest BCUT2D eigenvalue weighted by atomic mass is 35.5. The van der Waals surface area contributed by atoms with E-state index < -0.39 is 11.4 Å². The largest absolute Gasteiger partial charge is 0.493 e. The van der Waals surface area contributed by atoms with Crippen molar-refractivity contribution in [2.75, 3.05) is 43.4 Å². The SMILES string of the molecule is CC(C)CN1CCC(N=c2cc(Nc3cccc(Cl)c3)nc3c(=Cc4[nH]c(=O)[nH]c4O)cnn23)CC1.O=c1[nH]c(O)c(C=c2cnn3c(=NC4CCNCC4)cc(Nc4cccc(Cl)c4)nc23)[nH]1. The van der Waals surface area contributed by atoms with Crippen LogP contribution >= 0.6 is 23.2 Å². The number of nitrogens with one attached hydrogen (secondary N) is 7. The van der Waals surface area contributed by atoms with Gasteiger partial charge in [-0.25, -0.2) is 19.6 Å². The first-order valence-electron chi connectivity index (χ1n) is 22.3. The number of benzene rings is 2. The van der Waals surface area contributed by atoms with Crippen LogP contribution in [0.15, 0.2) is 92.6 Å². The first-order valence-corrected chi connectivity index (χ1v) is 23.0. The fraction of sp³-hybridized carbons (Fsp3) is 0.304. The number of aromatic hydroxyl groups is 2. The third-order valence-electron chi connectivity index (χ3n) is 11.3. The Balaban J connectivity index is 0.000000171. The number of fused-ring (bicyclic) bond motifs is 2. The van der Waals surface area contributed by atoms with Gasteiger partial charge in [-0.05, 0) is 93.2 Å². The molecule has 0 atom stereocenters. The van der Waals surface area contributed by atoms with Gasteiger partial charge in [0.2, 0.25) is 11.8 Å².